The van der Waals surface area contributed by atoms with Gasteiger partial charge in [0.05, 0.1) is 44.1 Å². The van der Waals surface area contributed by atoms with Gasteiger partial charge in [0.25, 0.3) is 0 Å². The molecule has 2 aromatic carbocycles. The summed E-state index contributed by atoms with van der Waals surface area (Å²) in [5.74, 6) is -0.223. The van der Waals surface area contributed by atoms with Crippen LogP contribution in [0.3, 0.4) is 0 Å². The minimum Gasteiger partial charge on any atom is -0.506 e. The molecule has 186 valence electrons. The molecule has 1 aliphatic heterocycles. The van der Waals surface area contributed by atoms with Crippen molar-refractivity contribution in [1.82, 2.24) is 0 Å². The van der Waals surface area contributed by atoms with Crippen LogP contribution in [0.15, 0.2) is 57.6 Å². The monoisotopic (exact) mass is 509 g/mol. The van der Waals surface area contributed by atoms with E-state index in [-0.39, 0.29) is 27.8 Å². The zero-order valence-electron chi connectivity index (χ0n) is 19.2. The number of thioether (sulfide) groups is 1. The maximum absolute atomic E-state index is 13.1. The van der Waals surface area contributed by atoms with Crippen molar-refractivity contribution < 1.29 is 42.0 Å². The molecular weight excluding hydrogens is 487 g/mol. The molecular formula is C24H22F3NO6S. The number of hydrogen-bond donors (Lipinski definition) is 1. The minimum absolute atomic E-state index is 0.00836. The summed E-state index contributed by atoms with van der Waals surface area (Å²) in [6.07, 6.45) is -3.02. The van der Waals surface area contributed by atoms with Crippen LogP contribution in [0.1, 0.15) is 18.1 Å². The van der Waals surface area contributed by atoms with Crippen LogP contribution >= 0.6 is 11.8 Å². The summed E-state index contributed by atoms with van der Waals surface area (Å²) in [5, 5.41) is 10.9. The van der Waals surface area contributed by atoms with Gasteiger partial charge in [-0.15, -0.1) is 0 Å². The third-order valence-corrected chi connectivity index (χ3v) is 5.82. The van der Waals surface area contributed by atoms with Crippen LogP contribution in [0.2, 0.25) is 0 Å². The maximum Gasteiger partial charge on any atom is 0.416 e. The van der Waals surface area contributed by atoms with Crippen molar-refractivity contribution in [2.75, 3.05) is 27.9 Å². The molecule has 0 spiro atoms. The Labute approximate surface area is 203 Å². The van der Waals surface area contributed by atoms with Gasteiger partial charge in [-0.2, -0.15) is 13.2 Å². The normalized spacial score (nSPS) is 16.1. The molecule has 1 N–H and O–H groups in total. The molecule has 0 radical (unpaired) electrons. The van der Waals surface area contributed by atoms with Gasteiger partial charge in [-0.25, -0.2) is 9.79 Å². The van der Waals surface area contributed by atoms with Gasteiger partial charge in [0.15, 0.2) is 11.5 Å². The molecule has 11 heteroatoms. The number of halogens is 3. The number of carbonyl (C=O) groups is 1. The van der Waals surface area contributed by atoms with E-state index in [1.807, 2.05) is 0 Å². The zero-order valence-corrected chi connectivity index (χ0v) is 20.0. The van der Waals surface area contributed by atoms with Crippen molar-refractivity contribution >= 4 is 34.5 Å². The molecule has 0 amide bonds. The minimum atomic E-state index is -4.56. The van der Waals surface area contributed by atoms with Crippen LogP contribution < -0.4 is 14.2 Å². The zero-order chi connectivity index (χ0) is 25.8. The predicted molar refractivity (Wildman–Crippen MR) is 126 cm³/mol. The van der Waals surface area contributed by atoms with E-state index in [1.54, 1.807) is 19.1 Å². The Morgan fingerprint density at radius 1 is 1.09 bits per heavy atom. The van der Waals surface area contributed by atoms with E-state index in [2.05, 4.69) is 4.99 Å². The average Bonchev–Trinajstić information content (AvgIpc) is 3.12. The van der Waals surface area contributed by atoms with Gasteiger partial charge in [0.1, 0.15) is 16.4 Å². The summed E-state index contributed by atoms with van der Waals surface area (Å²) in [6, 6.07) is 7.64. The summed E-state index contributed by atoms with van der Waals surface area (Å²) in [4.78, 5) is 17.0. The number of aliphatic hydroxyl groups excluding tert-OH is 1. The molecule has 0 atom stereocenters. The number of rotatable bonds is 7. The van der Waals surface area contributed by atoms with E-state index >= 15 is 0 Å². The standard InChI is InChI=1S/C24H22F3NO6S/c1-5-34-23(30)18-19(29)17(11-13-9-10-16(31-2)21(33-4)20(13)32-3)35-22(18)28-15-8-6-7-14(12-15)24(25,26)27/h6-12,29H,5H2,1-4H3. The average molecular weight is 510 g/mol. The van der Waals surface area contributed by atoms with Gasteiger partial charge >= 0.3 is 12.1 Å². The molecule has 7 nitrogen and oxygen atoms in total. The van der Waals surface area contributed by atoms with Gasteiger partial charge in [0, 0.05) is 5.56 Å². The summed E-state index contributed by atoms with van der Waals surface area (Å²) in [7, 11) is 4.35. The summed E-state index contributed by atoms with van der Waals surface area (Å²) in [6.45, 7) is 1.62. The Bertz CT molecular complexity index is 1220. The van der Waals surface area contributed by atoms with Crippen LogP contribution in [0.5, 0.6) is 17.2 Å². The van der Waals surface area contributed by atoms with Crippen LogP contribution in [-0.2, 0) is 15.7 Å². The molecule has 1 aliphatic rings. The van der Waals surface area contributed by atoms with Gasteiger partial charge in [-0.1, -0.05) is 17.8 Å². The van der Waals surface area contributed by atoms with Gasteiger partial charge in [0.2, 0.25) is 5.75 Å². The molecule has 35 heavy (non-hydrogen) atoms. The number of esters is 1. The van der Waals surface area contributed by atoms with Crippen molar-refractivity contribution in [1.29, 1.82) is 0 Å². The van der Waals surface area contributed by atoms with Crippen LogP contribution in [-0.4, -0.2) is 44.1 Å². The molecule has 0 saturated carbocycles. The fourth-order valence-corrected chi connectivity index (χ4v) is 4.27. The number of benzene rings is 2. The van der Waals surface area contributed by atoms with Crippen molar-refractivity contribution in [2.45, 2.75) is 13.1 Å². The quantitative estimate of drug-likeness (QED) is 0.464. The molecule has 0 aliphatic carbocycles. The van der Waals surface area contributed by atoms with Crippen molar-refractivity contribution in [3.63, 3.8) is 0 Å². The second-order valence-electron chi connectivity index (χ2n) is 6.94. The first-order valence-electron chi connectivity index (χ1n) is 10.2. The van der Waals surface area contributed by atoms with Crippen LogP contribution in [0.25, 0.3) is 6.08 Å². The molecule has 0 unspecified atom stereocenters. The lowest BCUT2D eigenvalue weighted by Crippen LogP contribution is -2.13. The highest BCUT2D eigenvalue weighted by molar-refractivity contribution is 8.18. The number of aliphatic imine (C=N–C) groups is 1. The molecule has 0 aromatic heterocycles. The highest BCUT2D eigenvalue weighted by atomic mass is 32.2. The van der Waals surface area contributed by atoms with Gasteiger partial charge in [-0.05, 0) is 43.3 Å². The molecule has 3 rings (SSSR count). The predicted octanol–water partition coefficient (Wildman–Crippen LogP) is 5.92. The van der Waals surface area contributed by atoms with E-state index in [0.717, 1.165) is 23.9 Å². The molecule has 0 saturated heterocycles. The van der Waals surface area contributed by atoms with Crippen molar-refractivity contribution in [3.8, 4) is 17.2 Å². The lowest BCUT2D eigenvalue weighted by molar-refractivity contribution is -0.138. The Kier molecular flexibility index (Phi) is 8.00. The SMILES string of the molecule is CCOC(=O)C1=C(O)C(=Cc2ccc(OC)c(OC)c2OC)SC1=Nc1cccc(C(F)(F)F)c1. The summed E-state index contributed by atoms with van der Waals surface area (Å²) >= 11 is 0.904. The molecule has 0 fully saturated rings. The molecule has 2 aromatic rings. The van der Waals surface area contributed by atoms with Gasteiger partial charge < -0.3 is 24.1 Å². The van der Waals surface area contributed by atoms with E-state index < -0.39 is 23.5 Å². The topological polar surface area (TPSA) is 86.6 Å². The first kappa shape index (κ1) is 26.0. The first-order chi connectivity index (χ1) is 16.6. The Morgan fingerprint density at radius 3 is 2.40 bits per heavy atom. The maximum atomic E-state index is 13.1. The highest BCUT2D eigenvalue weighted by Gasteiger charge is 2.34. The van der Waals surface area contributed by atoms with Crippen LogP contribution in [0, 0.1) is 0 Å². The summed E-state index contributed by atoms with van der Waals surface area (Å²) in [5.41, 5.74) is -0.691. The molecule has 0 bridgehead atoms. The number of ether oxygens (including phenoxy) is 4. The highest BCUT2D eigenvalue weighted by Crippen LogP contribution is 2.45. The largest absolute Gasteiger partial charge is 0.506 e. The number of alkyl halides is 3. The fourth-order valence-electron chi connectivity index (χ4n) is 3.24. The number of hydrogen-bond acceptors (Lipinski definition) is 8. The lowest BCUT2D eigenvalue weighted by atomic mass is 10.1. The first-order valence-corrected chi connectivity index (χ1v) is 11.0. The second-order valence-corrected chi connectivity index (χ2v) is 7.97. The smallest absolute Gasteiger partial charge is 0.416 e. The number of methoxy groups -OCH3 is 3. The van der Waals surface area contributed by atoms with Crippen LogP contribution in [0.4, 0.5) is 18.9 Å². The Balaban J connectivity index is 2.12. The number of carbonyl (C=O) groups excluding carboxylic acids is 1. The third kappa shape index (κ3) is 5.56. The number of nitrogens with zero attached hydrogens (tertiary/aromatic N) is 1. The Hall–Kier alpha value is -3.60. The van der Waals surface area contributed by atoms with Gasteiger partial charge in [-0.3, -0.25) is 0 Å². The van der Waals surface area contributed by atoms with E-state index in [9.17, 15) is 23.1 Å². The number of aliphatic hydroxyl groups is 1. The summed E-state index contributed by atoms with van der Waals surface area (Å²) < 4.78 is 60.5. The lowest BCUT2D eigenvalue weighted by Gasteiger charge is -2.14. The van der Waals surface area contributed by atoms with Crippen molar-refractivity contribution in [3.05, 3.63) is 63.8 Å². The molecule has 1 heterocycles. The van der Waals surface area contributed by atoms with E-state index in [4.69, 9.17) is 18.9 Å². The third-order valence-electron chi connectivity index (χ3n) is 4.80. The van der Waals surface area contributed by atoms with E-state index in [1.165, 1.54) is 39.5 Å². The van der Waals surface area contributed by atoms with E-state index in [0.29, 0.717) is 22.8 Å². The fraction of sp³-hybridized carbons (Fsp3) is 0.250. The van der Waals surface area contributed by atoms with Crippen molar-refractivity contribution in [2.24, 2.45) is 4.99 Å². The second kappa shape index (κ2) is 10.8. The Morgan fingerprint density at radius 2 is 1.80 bits per heavy atom.